The van der Waals surface area contributed by atoms with Gasteiger partial charge in [0, 0.05) is 6.26 Å². The predicted molar refractivity (Wildman–Crippen MR) is 70.1 cm³/mol. The van der Waals surface area contributed by atoms with Crippen LogP contribution in [0.15, 0.2) is 36.9 Å². The quantitative estimate of drug-likeness (QED) is 0.875. The van der Waals surface area contributed by atoms with Crippen LogP contribution in [0.2, 0.25) is 0 Å². The highest BCUT2D eigenvalue weighted by Crippen LogP contribution is 2.32. The van der Waals surface area contributed by atoms with Crippen molar-refractivity contribution in [3.8, 4) is 0 Å². The van der Waals surface area contributed by atoms with Gasteiger partial charge in [0.2, 0.25) is 5.50 Å². The average Bonchev–Trinajstić information content (AvgIpc) is 2.90. The van der Waals surface area contributed by atoms with E-state index in [9.17, 15) is 22.3 Å². The van der Waals surface area contributed by atoms with Crippen molar-refractivity contribution in [2.45, 2.75) is 17.6 Å². The van der Waals surface area contributed by atoms with Gasteiger partial charge in [-0.3, -0.25) is 0 Å². The number of benzene rings is 1. The summed E-state index contributed by atoms with van der Waals surface area (Å²) < 4.78 is 51.4. The molecular formula is C12H13F2N3O3S. The maximum absolute atomic E-state index is 14.3. The monoisotopic (exact) mass is 317 g/mol. The van der Waals surface area contributed by atoms with E-state index in [1.165, 1.54) is 12.7 Å². The van der Waals surface area contributed by atoms with Crippen LogP contribution in [0.5, 0.6) is 0 Å². The number of hydrogen-bond donors (Lipinski definition) is 1. The molecule has 0 aliphatic heterocycles. The second-order valence-electron chi connectivity index (χ2n) is 4.67. The van der Waals surface area contributed by atoms with Crippen molar-refractivity contribution in [1.82, 2.24) is 14.8 Å². The second kappa shape index (κ2) is 5.49. The number of hydrogen-bond acceptors (Lipinski definition) is 5. The van der Waals surface area contributed by atoms with Crippen molar-refractivity contribution in [3.05, 3.63) is 48.3 Å². The van der Waals surface area contributed by atoms with Crippen molar-refractivity contribution < 1.29 is 22.3 Å². The van der Waals surface area contributed by atoms with Gasteiger partial charge in [-0.1, -0.05) is 12.1 Å². The Balaban J connectivity index is 2.50. The Morgan fingerprint density at radius 2 is 2.00 bits per heavy atom. The fourth-order valence-electron chi connectivity index (χ4n) is 1.95. The Hall–Kier alpha value is -1.87. The predicted octanol–water partition coefficient (Wildman–Crippen LogP) is 0.645. The zero-order chi connectivity index (χ0) is 15.7. The Morgan fingerprint density at radius 3 is 2.48 bits per heavy atom. The van der Waals surface area contributed by atoms with E-state index in [1.54, 1.807) is 0 Å². The minimum absolute atomic E-state index is 0.0719. The molecule has 9 heteroatoms. The molecule has 2 unspecified atom stereocenters. The van der Waals surface area contributed by atoms with E-state index < -0.39 is 33.3 Å². The third-order valence-corrected chi connectivity index (χ3v) is 4.11. The van der Waals surface area contributed by atoms with Gasteiger partial charge in [-0.15, -0.1) is 0 Å². The van der Waals surface area contributed by atoms with Crippen LogP contribution in [0, 0.1) is 5.82 Å². The molecule has 1 aromatic carbocycles. The van der Waals surface area contributed by atoms with E-state index >= 15 is 0 Å². The molecule has 0 aliphatic carbocycles. The van der Waals surface area contributed by atoms with E-state index in [2.05, 4.69) is 10.1 Å². The molecule has 0 saturated carbocycles. The Kier molecular flexibility index (Phi) is 4.06. The maximum atomic E-state index is 14.3. The summed E-state index contributed by atoms with van der Waals surface area (Å²) in [6, 6.07) is 4.28. The van der Waals surface area contributed by atoms with Gasteiger partial charge in [-0.25, -0.2) is 26.9 Å². The minimum atomic E-state index is -4.19. The van der Waals surface area contributed by atoms with Crippen molar-refractivity contribution in [1.29, 1.82) is 0 Å². The third kappa shape index (κ3) is 3.24. The molecule has 1 N–H and O–H groups in total. The van der Waals surface area contributed by atoms with Crippen LogP contribution in [0.25, 0.3) is 0 Å². The van der Waals surface area contributed by atoms with Gasteiger partial charge in [-0.05, 0) is 17.7 Å². The number of aromatic nitrogens is 3. The van der Waals surface area contributed by atoms with Crippen LogP contribution in [0.4, 0.5) is 8.78 Å². The third-order valence-electron chi connectivity index (χ3n) is 2.97. The Bertz CT molecular complexity index is 704. The number of nitrogens with zero attached hydrogens (tertiary/aromatic N) is 3. The van der Waals surface area contributed by atoms with Gasteiger partial charge in [-0.2, -0.15) is 5.10 Å². The molecule has 2 rings (SSSR count). The summed E-state index contributed by atoms with van der Waals surface area (Å²) in [5, 5.41) is 14.3. The molecule has 6 nitrogen and oxygen atoms in total. The summed E-state index contributed by atoms with van der Waals surface area (Å²) in [6.45, 7) is -0.479. The topological polar surface area (TPSA) is 85.1 Å². The molecule has 0 amide bonds. The number of sulfone groups is 1. The largest absolute Gasteiger partial charge is 0.379 e. The summed E-state index contributed by atoms with van der Waals surface area (Å²) in [6.07, 6.45) is 3.05. The van der Waals surface area contributed by atoms with Crippen LogP contribution in [0.1, 0.15) is 5.56 Å². The van der Waals surface area contributed by atoms with E-state index in [0.29, 0.717) is 6.26 Å². The first kappa shape index (κ1) is 15.5. The first-order valence-corrected chi connectivity index (χ1v) is 7.83. The lowest BCUT2D eigenvalue weighted by Crippen LogP contribution is -2.45. The Morgan fingerprint density at radius 1 is 1.38 bits per heavy atom. The lowest BCUT2D eigenvalue weighted by molar-refractivity contribution is -0.0259. The first-order chi connectivity index (χ1) is 9.73. The normalized spacial score (nSPS) is 16.4. The summed E-state index contributed by atoms with van der Waals surface area (Å²) in [5.41, 5.74) is -5.08. The molecule has 2 atom stereocenters. The van der Waals surface area contributed by atoms with E-state index in [-0.39, 0.29) is 5.56 Å². The van der Waals surface area contributed by atoms with Crippen LogP contribution >= 0.6 is 0 Å². The number of rotatable bonds is 5. The molecule has 114 valence electrons. The van der Waals surface area contributed by atoms with Gasteiger partial charge in [0.15, 0.2) is 15.4 Å². The SMILES string of the molecule is CS(=O)(=O)C(F)C(O)(Cn1cncn1)c1ccc(F)cc1. The summed E-state index contributed by atoms with van der Waals surface area (Å²) in [7, 11) is -4.19. The molecule has 21 heavy (non-hydrogen) atoms. The molecule has 0 spiro atoms. The van der Waals surface area contributed by atoms with Gasteiger partial charge < -0.3 is 5.11 Å². The fourth-order valence-corrected chi connectivity index (χ4v) is 2.87. The zero-order valence-electron chi connectivity index (χ0n) is 11.0. The molecule has 1 heterocycles. The van der Waals surface area contributed by atoms with E-state index in [4.69, 9.17) is 0 Å². The fraction of sp³-hybridized carbons (Fsp3) is 0.333. The van der Waals surface area contributed by atoms with Crippen LogP contribution in [-0.2, 0) is 22.0 Å². The van der Waals surface area contributed by atoms with E-state index in [1.807, 2.05) is 0 Å². The zero-order valence-corrected chi connectivity index (χ0v) is 11.8. The number of alkyl halides is 1. The summed E-state index contributed by atoms with van der Waals surface area (Å²) >= 11 is 0. The second-order valence-corrected chi connectivity index (χ2v) is 6.74. The molecule has 2 aromatic rings. The van der Waals surface area contributed by atoms with Gasteiger partial charge in [0.25, 0.3) is 0 Å². The Labute approximate surface area is 120 Å². The molecule has 0 bridgehead atoms. The minimum Gasteiger partial charge on any atom is -0.379 e. The highest BCUT2D eigenvalue weighted by molar-refractivity contribution is 7.91. The average molecular weight is 317 g/mol. The van der Waals surface area contributed by atoms with Crippen LogP contribution < -0.4 is 0 Å². The van der Waals surface area contributed by atoms with Gasteiger partial charge in [0.1, 0.15) is 18.5 Å². The molecule has 0 aliphatic rings. The number of halogens is 2. The molecular weight excluding hydrogens is 304 g/mol. The highest BCUT2D eigenvalue weighted by Gasteiger charge is 2.46. The summed E-state index contributed by atoms with van der Waals surface area (Å²) in [5.74, 6) is -0.586. The van der Waals surface area contributed by atoms with Crippen molar-refractivity contribution >= 4 is 9.84 Å². The standard InChI is InChI=1S/C12H13F2N3O3S/c1-21(19,20)11(14)12(18,6-17-8-15-7-16-17)9-2-4-10(13)5-3-9/h2-5,7-8,11,18H,6H2,1H3. The maximum Gasteiger partial charge on any atom is 0.234 e. The molecule has 1 aromatic heterocycles. The molecule has 0 saturated heterocycles. The smallest absolute Gasteiger partial charge is 0.234 e. The van der Waals surface area contributed by atoms with Crippen molar-refractivity contribution in [2.24, 2.45) is 0 Å². The van der Waals surface area contributed by atoms with Gasteiger partial charge >= 0.3 is 0 Å². The molecule has 0 radical (unpaired) electrons. The first-order valence-electron chi connectivity index (χ1n) is 5.87. The van der Waals surface area contributed by atoms with Crippen LogP contribution in [-0.4, -0.2) is 40.0 Å². The lowest BCUT2D eigenvalue weighted by atomic mass is 9.95. The summed E-state index contributed by atoms with van der Waals surface area (Å²) in [4.78, 5) is 3.64. The van der Waals surface area contributed by atoms with Gasteiger partial charge in [0.05, 0.1) is 6.54 Å². The lowest BCUT2D eigenvalue weighted by Gasteiger charge is -2.30. The van der Waals surface area contributed by atoms with Crippen LogP contribution in [0.3, 0.4) is 0 Å². The van der Waals surface area contributed by atoms with Crippen molar-refractivity contribution in [2.75, 3.05) is 6.26 Å². The highest BCUT2D eigenvalue weighted by atomic mass is 32.2. The molecule has 0 fully saturated rings. The number of aliphatic hydroxyl groups is 1. The van der Waals surface area contributed by atoms with Crippen molar-refractivity contribution in [3.63, 3.8) is 0 Å². The van der Waals surface area contributed by atoms with E-state index in [0.717, 1.165) is 28.9 Å².